The van der Waals surface area contributed by atoms with Gasteiger partial charge >= 0.3 is 5.69 Å². The summed E-state index contributed by atoms with van der Waals surface area (Å²) in [6.07, 6.45) is 0. The van der Waals surface area contributed by atoms with Crippen molar-refractivity contribution in [2.24, 2.45) is 0 Å². The third-order valence-electron chi connectivity index (χ3n) is 2.17. The van der Waals surface area contributed by atoms with Gasteiger partial charge in [-0.15, -0.1) is 0 Å². The van der Waals surface area contributed by atoms with Crippen molar-refractivity contribution in [2.45, 2.75) is 33.2 Å². The Bertz CT molecular complexity index is 523. The van der Waals surface area contributed by atoms with E-state index in [0.717, 1.165) is 16.9 Å². The van der Waals surface area contributed by atoms with Crippen LogP contribution in [0.15, 0.2) is 4.79 Å². The molecule has 0 amide bonds. The molecule has 0 aromatic carbocycles. The van der Waals surface area contributed by atoms with Gasteiger partial charge in [-0.3, -0.25) is 4.98 Å². The molecule has 0 aliphatic rings. The van der Waals surface area contributed by atoms with Crippen LogP contribution in [0.25, 0.3) is 11.2 Å². The van der Waals surface area contributed by atoms with Crippen LogP contribution in [-0.2, 0) is 5.54 Å². The minimum atomic E-state index is -0.182. The Morgan fingerprint density at radius 3 is 2.50 bits per heavy atom. The fourth-order valence-electron chi connectivity index (χ4n) is 1.53. The van der Waals surface area contributed by atoms with Crippen molar-refractivity contribution in [3.05, 3.63) is 16.2 Å². The lowest BCUT2D eigenvalue weighted by Gasteiger charge is -2.19. The van der Waals surface area contributed by atoms with E-state index in [1.807, 2.05) is 32.4 Å². The van der Waals surface area contributed by atoms with Crippen LogP contribution in [0.5, 0.6) is 0 Å². The third-order valence-corrected chi connectivity index (χ3v) is 2.17. The number of aromatic nitrogens is 4. The second kappa shape index (κ2) is 2.50. The highest BCUT2D eigenvalue weighted by Crippen LogP contribution is 2.20. The van der Waals surface area contributed by atoms with Crippen molar-refractivity contribution in [1.29, 1.82) is 0 Å². The molecule has 5 heteroatoms. The number of imidazole rings is 1. The van der Waals surface area contributed by atoms with Crippen LogP contribution in [0, 0.1) is 6.92 Å². The van der Waals surface area contributed by atoms with Crippen LogP contribution in [0.2, 0.25) is 0 Å². The van der Waals surface area contributed by atoms with Crippen molar-refractivity contribution in [3.63, 3.8) is 0 Å². The fraction of sp³-hybridized carbons (Fsp3) is 0.556. The first-order chi connectivity index (χ1) is 6.39. The normalized spacial score (nSPS) is 12.6. The number of hydrogen-bond acceptors (Lipinski definition) is 2. The summed E-state index contributed by atoms with van der Waals surface area (Å²) in [6, 6.07) is 0. The Morgan fingerprint density at radius 1 is 1.29 bits per heavy atom. The molecule has 2 heterocycles. The van der Waals surface area contributed by atoms with Crippen LogP contribution < -0.4 is 5.69 Å². The first kappa shape index (κ1) is 9.05. The van der Waals surface area contributed by atoms with Gasteiger partial charge in [-0.2, -0.15) is 5.10 Å². The fourth-order valence-corrected chi connectivity index (χ4v) is 1.53. The van der Waals surface area contributed by atoms with Crippen molar-refractivity contribution >= 4 is 11.2 Å². The monoisotopic (exact) mass is 194 g/mol. The average Bonchev–Trinajstić information content (AvgIpc) is 2.49. The molecular formula is C9H14N4O. The molecule has 2 N–H and O–H groups in total. The zero-order chi connectivity index (χ0) is 10.5. The Hall–Kier alpha value is -1.52. The SMILES string of the molecule is Cc1nn(C(C)(C)C)c2[nH]c(=O)[nH]c12. The number of rotatable bonds is 0. The summed E-state index contributed by atoms with van der Waals surface area (Å²) in [4.78, 5) is 16.6. The number of fused-ring (bicyclic) bond motifs is 1. The summed E-state index contributed by atoms with van der Waals surface area (Å²) in [6.45, 7) is 8.02. The van der Waals surface area contributed by atoms with Crippen molar-refractivity contribution in [1.82, 2.24) is 19.7 Å². The molecule has 0 radical (unpaired) electrons. The van der Waals surface area contributed by atoms with Crippen molar-refractivity contribution in [3.8, 4) is 0 Å². The van der Waals surface area contributed by atoms with E-state index in [1.165, 1.54) is 0 Å². The summed E-state index contributed by atoms with van der Waals surface area (Å²) < 4.78 is 1.83. The minimum absolute atomic E-state index is 0.127. The van der Waals surface area contributed by atoms with E-state index in [2.05, 4.69) is 15.1 Å². The topological polar surface area (TPSA) is 66.5 Å². The summed E-state index contributed by atoms with van der Waals surface area (Å²) in [5.41, 5.74) is 2.09. The molecule has 0 fully saturated rings. The lowest BCUT2D eigenvalue weighted by atomic mass is 10.1. The molecule has 0 unspecified atom stereocenters. The van der Waals surface area contributed by atoms with Crippen LogP contribution in [0.4, 0.5) is 0 Å². The summed E-state index contributed by atoms with van der Waals surface area (Å²) >= 11 is 0. The maximum atomic E-state index is 11.1. The lowest BCUT2D eigenvalue weighted by Crippen LogP contribution is -2.23. The number of H-pyrrole nitrogens is 2. The molecule has 0 spiro atoms. The molecular weight excluding hydrogens is 180 g/mol. The molecule has 0 atom stereocenters. The summed E-state index contributed by atoms with van der Waals surface area (Å²) in [7, 11) is 0. The van der Waals surface area contributed by atoms with Crippen LogP contribution in [-0.4, -0.2) is 19.7 Å². The van der Waals surface area contributed by atoms with E-state index in [-0.39, 0.29) is 11.2 Å². The Balaban J connectivity index is 2.84. The molecule has 5 nitrogen and oxygen atoms in total. The van der Waals surface area contributed by atoms with Gasteiger partial charge in [0, 0.05) is 0 Å². The number of aryl methyl sites for hydroxylation is 1. The molecule has 0 aliphatic heterocycles. The molecule has 76 valence electrons. The second-order valence-corrected chi connectivity index (χ2v) is 4.47. The predicted molar refractivity (Wildman–Crippen MR) is 54.4 cm³/mol. The van der Waals surface area contributed by atoms with E-state index in [9.17, 15) is 4.79 Å². The summed E-state index contributed by atoms with van der Waals surface area (Å²) in [5.74, 6) is 0. The smallest absolute Gasteiger partial charge is 0.303 e. The maximum absolute atomic E-state index is 11.1. The first-order valence-corrected chi connectivity index (χ1v) is 4.57. The maximum Gasteiger partial charge on any atom is 0.325 e. The summed E-state index contributed by atoms with van der Waals surface area (Å²) in [5, 5.41) is 4.38. The molecule has 2 aromatic heterocycles. The number of nitrogens with zero attached hydrogens (tertiary/aromatic N) is 2. The standard InChI is InChI=1S/C9H14N4O/c1-5-6-7(11-8(14)10-6)13(12-5)9(2,3)4/h1-4H3,(H2,10,11,14). The number of nitrogens with one attached hydrogen (secondary N) is 2. The van der Waals surface area contributed by atoms with Gasteiger partial charge in [-0.05, 0) is 27.7 Å². The van der Waals surface area contributed by atoms with Crippen molar-refractivity contribution < 1.29 is 0 Å². The van der Waals surface area contributed by atoms with E-state index in [4.69, 9.17) is 0 Å². The van der Waals surface area contributed by atoms with Gasteiger partial charge in [0.15, 0.2) is 5.65 Å². The Labute approximate surface area is 81.1 Å². The average molecular weight is 194 g/mol. The molecule has 14 heavy (non-hydrogen) atoms. The van der Waals surface area contributed by atoms with Gasteiger partial charge in [0.25, 0.3) is 0 Å². The Morgan fingerprint density at radius 2 is 1.93 bits per heavy atom. The van der Waals surface area contributed by atoms with Gasteiger partial charge in [0.2, 0.25) is 0 Å². The predicted octanol–water partition coefficient (Wildman–Crippen LogP) is 1.12. The first-order valence-electron chi connectivity index (χ1n) is 4.57. The molecule has 0 saturated carbocycles. The van der Waals surface area contributed by atoms with E-state index in [0.29, 0.717) is 0 Å². The van der Waals surface area contributed by atoms with Gasteiger partial charge in [-0.25, -0.2) is 9.48 Å². The van der Waals surface area contributed by atoms with Gasteiger partial charge < -0.3 is 4.98 Å². The van der Waals surface area contributed by atoms with Gasteiger partial charge in [0.1, 0.15) is 5.52 Å². The molecule has 0 aliphatic carbocycles. The highest BCUT2D eigenvalue weighted by molar-refractivity contribution is 5.73. The molecule has 2 aromatic rings. The van der Waals surface area contributed by atoms with E-state index >= 15 is 0 Å². The molecule has 0 saturated heterocycles. The van der Waals surface area contributed by atoms with Crippen LogP contribution in [0.1, 0.15) is 26.5 Å². The van der Waals surface area contributed by atoms with E-state index < -0.39 is 0 Å². The highest BCUT2D eigenvalue weighted by atomic mass is 16.1. The minimum Gasteiger partial charge on any atom is -0.303 e. The van der Waals surface area contributed by atoms with Crippen LogP contribution >= 0.6 is 0 Å². The van der Waals surface area contributed by atoms with Crippen LogP contribution in [0.3, 0.4) is 0 Å². The highest BCUT2D eigenvalue weighted by Gasteiger charge is 2.20. The van der Waals surface area contributed by atoms with Gasteiger partial charge in [0.05, 0.1) is 11.2 Å². The largest absolute Gasteiger partial charge is 0.325 e. The zero-order valence-electron chi connectivity index (χ0n) is 8.80. The second-order valence-electron chi connectivity index (χ2n) is 4.47. The van der Waals surface area contributed by atoms with Crippen molar-refractivity contribution in [2.75, 3.05) is 0 Å². The zero-order valence-corrected chi connectivity index (χ0v) is 8.80. The van der Waals surface area contributed by atoms with E-state index in [1.54, 1.807) is 0 Å². The Kier molecular flexibility index (Phi) is 1.61. The molecule has 0 bridgehead atoms. The lowest BCUT2D eigenvalue weighted by molar-refractivity contribution is 0.364. The number of hydrogen-bond donors (Lipinski definition) is 2. The quantitative estimate of drug-likeness (QED) is 0.659. The van der Waals surface area contributed by atoms with Gasteiger partial charge in [-0.1, -0.05) is 0 Å². The molecule has 2 rings (SSSR count). The third kappa shape index (κ3) is 1.16. The number of aromatic amines is 2.